The van der Waals surface area contributed by atoms with Crippen LogP contribution in [0.15, 0.2) is 22.7 Å². The molecule has 3 heteroatoms. The molecule has 1 aromatic rings. The molecule has 0 saturated heterocycles. The van der Waals surface area contributed by atoms with E-state index in [1.165, 1.54) is 0 Å². The smallest absolute Gasteiger partial charge is 0.176 e. The molecule has 1 heterocycles. The van der Waals surface area contributed by atoms with E-state index in [2.05, 4.69) is 21.2 Å². The van der Waals surface area contributed by atoms with E-state index in [4.69, 9.17) is 0 Å². The Morgan fingerprint density at radius 1 is 1.38 bits per heavy atom. The van der Waals surface area contributed by atoms with Gasteiger partial charge in [0.15, 0.2) is 5.78 Å². The van der Waals surface area contributed by atoms with Crippen molar-refractivity contribution in [2.45, 2.75) is 6.42 Å². The van der Waals surface area contributed by atoms with Crippen molar-refractivity contribution < 1.29 is 4.79 Å². The Labute approximate surface area is 85.5 Å². The molecule has 1 aliphatic heterocycles. The third kappa shape index (κ3) is 1.81. The molecular weight excluding hydrogens is 230 g/mol. The Morgan fingerprint density at radius 2 is 2.23 bits per heavy atom. The molecule has 0 aromatic heterocycles. The molecule has 0 unspecified atom stereocenters. The lowest BCUT2D eigenvalue weighted by molar-refractivity contribution is 0.0994. The van der Waals surface area contributed by atoms with E-state index in [1.807, 2.05) is 18.2 Å². The second kappa shape index (κ2) is 3.60. The molecule has 0 amide bonds. The summed E-state index contributed by atoms with van der Waals surface area (Å²) in [5, 5.41) is 3.10. The van der Waals surface area contributed by atoms with Crippen LogP contribution in [0.3, 0.4) is 0 Å². The van der Waals surface area contributed by atoms with Gasteiger partial charge in [0, 0.05) is 10.0 Å². The number of nitrogens with one attached hydrogen (secondary N) is 1. The molecular formula is C10H10BrNO. The van der Waals surface area contributed by atoms with Gasteiger partial charge < -0.3 is 5.32 Å². The van der Waals surface area contributed by atoms with Crippen LogP contribution in [-0.2, 0) is 6.42 Å². The van der Waals surface area contributed by atoms with Crippen molar-refractivity contribution in [1.29, 1.82) is 0 Å². The summed E-state index contributed by atoms with van der Waals surface area (Å²) < 4.78 is 0.974. The molecule has 2 nitrogen and oxygen atoms in total. The van der Waals surface area contributed by atoms with Gasteiger partial charge in [-0.1, -0.05) is 22.0 Å². The summed E-state index contributed by atoms with van der Waals surface area (Å²) in [4.78, 5) is 11.6. The number of rotatable bonds is 0. The zero-order valence-electron chi connectivity index (χ0n) is 7.14. The molecule has 68 valence electrons. The highest BCUT2D eigenvalue weighted by molar-refractivity contribution is 9.10. The Balaban J connectivity index is 2.49. The largest absolute Gasteiger partial charge is 0.309 e. The highest BCUT2D eigenvalue weighted by atomic mass is 79.9. The fourth-order valence-corrected chi connectivity index (χ4v) is 1.91. The lowest BCUT2D eigenvalue weighted by atomic mass is 10.0. The van der Waals surface area contributed by atoms with Gasteiger partial charge in [-0.15, -0.1) is 0 Å². The van der Waals surface area contributed by atoms with Gasteiger partial charge in [0.25, 0.3) is 0 Å². The average molecular weight is 240 g/mol. The fourth-order valence-electron chi connectivity index (χ4n) is 1.55. The lowest BCUT2D eigenvalue weighted by Crippen LogP contribution is -2.21. The molecule has 13 heavy (non-hydrogen) atoms. The van der Waals surface area contributed by atoms with Crippen LogP contribution in [-0.4, -0.2) is 18.9 Å². The minimum atomic E-state index is 0.189. The molecule has 0 saturated carbocycles. The van der Waals surface area contributed by atoms with Gasteiger partial charge in [-0.05, 0) is 30.7 Å². The Hall–Kier alpha value is -0.670. The van der Waals surface area contributed by atoms with Crippen LogP contribution in [0.25, 0.3) is 0 Å². The van der Waals surface area contributed by atoms with Crippen molar-refractivity contribution in [3.8, 4) is 0 Å². The standard InChI is InChI=1S/C10H10BrNO/c11-8-2-1-7-3-4-12-6-10(13)9(7)5-8/h1-2,5,12H,3-4,6H2. The summed E-state index contributed by atoms with van der Waals surface area (Å²) in [6.07, 6.45) is 0.939. The number of halogens is 1. The van der Waals surface area contributed by atoms with Gasteiger partial charge in [0.1, 0.15) is 0 Å². The molecule has 1 aliphatic rings. The van der Waals surface area contributed by atoms with Crippen molar-refractivity contribution in [3.05, 3.63) is 33.8 Å². The van der Waals surface area contributed by atoms with Crippen LogP contribution in [0, 0.1) is 0 Å². The van der Waals surface area contributed by atoms with Crippen molar-refractivity contribution >= 4 is 21.7 Å². The predicted molar refractivity (Wildman–Crippen MR) is 55.0 cm³/mol. The fraction of sp³-hybridized carbons (Fsp3) is 0.300. The molecule has 2 rings (SSSR count). The molecule has 1 aromatic carbocycles. The number of ketones is 1. The third-order valence-corrected chi connectivity index (χ3v) is 2.72. The zero-order valence-corrected chi connectivity index (χ0v) is 8.73. The Morgan fingerprint density at radius 3 is 3.08 bits per heavy atom. The van der Waals surface area contributed by atoms with E-state index >= 15 is 0 Å². The number of hydrogen-bond acceptors (Lipinski definition) is 2. The number of carbonyl (C=O) groups is 1. The van der Waals surface area contributed by atoms with Gasteiger partial charge in [-0.3, -0.25) is 4.79 Å². The number of fused-ring (bicyclic) bond motifs is 1. The van der Waals surface area contributed by atoms with Crippen LogP contribution in [0.5, 0.6) is 0 Å². The van der Waals surface area contributed by atoms with E-state index < -0.39 is 0 Å². The first-order valence-corrected chi connectivity index (χ1v) is 5.09. The molecule has 0 spiro atoms. The van der Waals surface area contributed by atoms with Crippen molar-refractivity contribution in [3.63, 3.8) is 0 Å². The van der Waals surface area contributed by atoms with E-state index in [0.717, 1.165) is 28.6 Å². The molecule has 0 aliphatic carbocycles. The van der Waals surface area contributed by atoms with Crippen molar-refractivity contribution in [2.24, 2.45) is 0 Å². The predicted octanol–water partition coefficient (Wildman–Crippen LogP) is 1.78. The number of Topliss-reactive ketones (excluding diaryl/α,β-unsaturated/α-hetero) is 1. The first-order chi connectivity index (χ1) is 6.27. The molecule has 0 bridgehead atoms. The molecule has 0 radical (unpaired) electrons. The highest BCUT2D eigenvalue weighted by Crippen LogP contribution is 2.18. The molecule has 0 fully saturated rings. The Kier molecular flexibility index (Phi) is 2.47. The van der Waals surface area contributed by atoms with Crippen LogP contribution < -0.4 is 5.32 Å². The van der Waals surface area contributed by atoms with Crippen molar-refractivity contribution in [2.75, 3.05) is 13.1 Å². The first-order valence-electron chi connectivity index (χ1n) is 4.30. The summed E-state index contributed by atoms with van der Waals surface area (Å²) in [6.45, 7) is 1.35. The summed E-state index contributed by atoms with van der Waals surface area (Å²) in [5.74, 6) is 0.189. The lowest BCUT2D eigenvalue weighted by Gasteiger charge is -2.03. The average Bonchev–Trinajstić information content (AvgIpc) is 2.29. The highest BCUT2D eigenvalue weighted by Gasteiger charge is 2.14. The van der Waals surface area contributed by atoms with Gasteiger partial charge in [0.05, 0.1) is 6.54 Å². The van der Waals surface area contributed by atoms with Crippen LogP contribution >= 0.6 is 15.9 Å². The topological polar surface area (TPSA) is 29.1 Å². The summed E-state index contributed by atoms with van der Waals surface area (Å²) in [7, 11) is 0. The van der Waals surface area contributed by atoms with Gasteiger partial charge in [-0.2, -0.15) is 0 Å². The van der Waals surface area contributed by atoms with Crippen LogP contribution in [0.4, 0.5) is 0 Å². The minimum absolute atomic E-state index is 0.189. The maximum absolute atomic E-state index is 11.6. The number of hydrogen-bond donors (Lipinski definition) is 1. The zero-order chi connectivity index (χ0) is 9.26. The molecule has 0 atom stereocenters. The number of carbonyl (C=O) groups excluding carboxylic acids is 1. The normalized spacial score (nSPS) is 16.5. The van der Waals surface area contributed by atoms with E-state index in [1.54, 1.807) is 0 Å². The minimum Gasteiger partial charge on any atom is -0.309 e. The van der Waals surface area contributed by atoms with Gasteiger partial charge in [0.2, 0.25) is 0 Å². The summed E-state index contributed by atoms with van der Waals surface area (Å²) in [6, 6.07) is 5.91. The monoisotopic (exact) mass is 239 g/mol. The van der Waals surface area contributed by atoms with Crippen LogP contribution in [0.2, 0.25) is 0 Å². The Bertz CT molecular complexity index is 349. The SMILES string of the molecule is O=C1CNCCc2ccc(Br)cc21. The van der Waals surface area contributed by atoms with E-state index in [9.17, 15) is 4.79 Å². The van der Waals surface area contributed by atoms with Crippen LogP contribution in [0.1, 0.15) is 15.9 Å². The third-order valence-electron chi connectivity index (χ3n) is 2.23. The summed E-state index contributed by atoms with van der Waals surface area (Å²) in [5.41, 5.74) is 2.01. The van der Waals surface area contributed by atoms with Gasteiger partial charge >= 0.3 is 0 Å². The maximum Gasteiger partial charge on any atom is 0.176 e. The number of benzene rings is 1. The summed E-state index contributed by atoms with van der Waals surface area (Å²) >= 11 is 3.37. The second-order valence-corrected chi connectivity index (χ2v) is 4.07. The molecule has 1 N–H and O–H groups in total. The van der Waals surface area contributed by atoms with E-state index in [0.29, 0.717) is 6.54 Å². The van der Waals surface area contributed by atoms with Gasteiger partial charge in [-0.25, -0.2) is 0 Å². The second-order valence-electron chi connectivity index (χ2n) is 3.15. The quantitative estimate of drug-likeness (QED) is 0.748. The van der Waals surface area contributed by atoms with E-state index in [-0.39, 0.29) is 5.78 Å². The maximum atomic E-state index is 11.6. The van der Waals surface area contributed by atoms with Crippen molar-refractivity contribution in [1.82, 2.24) is 5.32 Å². The first kappa shape index (κ1) is 8.91.